The van der Waals surface area contributed by atoms with E-state index >= 15 is 0 Å². The Morgan fingerprint density at radius 3 is 2.39 bits per heavy atom. The lowest BCUT2D eigenvalue weighted by Gasteiger charge is -2.19. The molecular weight excluding hydrogens is 323 g/mol. The van der Waals surface area contributed by atoms with Crippen LogP contribution in [0.15, 0.2) is 30.5 Å². The molecule has 0 aliphatic heterocycles. The summed E-state index contributed by atoms with van der Waals surface area (Å²) in [7, 11) is -3.95. The van der Waals surface area contributed by atoms with Crippen LogP contribution in [0.4, 0.5) is 0 Å². The first-order valence-corrected chi connectivity index (χ1v) is 8.69. The maximum absolute atomic E-state index is 12.3. The number of benzene rings is 1. The summed E-state index contributed by atoms with van der Waals surface area (Å²) in [6.07, 6.45) is 0.279. The largest absolute Gasteiger partial charge is 0.481 e. The number of fused-ring (bicyclic) bond motifs is 1. The molecule has 1 aromatic heterocycles. The average molecular weight is 340 g/mol. The SMILES string of the molecule is O=C(O)CC(CC(=O)O)NP(=O)(O)Cc1c[nH]c2ccccc12. The van der Waals surface area contributed by atoms with E-state index in [2.05, 4.69) is 10.1 Å². The van der Waals surface area contributed by atoms with E-state index in [0.717, 1.165) is 10.9 Å². The standard InChI is InChI=1S/C14H17N2O6P/c17-13(18)5-10(6-14(19)20)16-23(21,22)8-9-7-15-12-4-2-1-3-11(9)12/h1-4,7,10,15H,5-6,8H2,(H,17,18)(H,19,20)(H2,16,21,22). The summed E-state index contributed by atoms with van der Waals surface area (Å²) in [6.45, 7) is 0. The Kier molecular flexibility index (Phi) is 5.20. The van der Waals surface area contributed by atoms with Crippen molar-refractivity contribution in [2.45, 2.75) is 25.0 Å². The first-order chi connectivity index (χ1) is 10.8. The molecular formula is C14H17N2O6P. The van der Waals surface area contributed by atoms with Gasteiger partial charge in [0, 0.05) is 23.1 Å². The van der Waals surface area contributed by atoms with E-state index in [9.17, 15) is 19.0 Å². The quantitative estimate of drug-likeness (QED) is 0.461. The minimum atomic E-state index is -3.95. The number of carboxylic acids is 2. The minimum Gasteiger partial charge on any atom is -0.481 e. The van der Waals surface area contributed by atoms with Gasteiger partial charge >= 0.3 is 11.9 Å². The molecule has 0 fully saturated rings. The van der Waals surface area contributed by atoms with Gasteiger partial charge in [0.05, 0.1) is 19.0 Å². The minimum absolute atomic E-state index is 0.229. The summed E-state index contributed by atoms with van der Waals surface area (Å²) < 4.78 is 12.3. The van der Waals surface area contributed by atoms with Crippen molar-refractivity contribution in [2.75, 3.05) is 0 Å². The van der Waals surface area contributed by atoms with Crippen LogP contribution in [0.25, 0.3) is 10.9 Å². The maximum Gasteiger partial charge on any atom is 0.304 e. The zero-order valence-corrected chi connectivity index (χ0v) is 13.0. The fourth-order valence-corrected chi connectivity index (χ4v) is 3.98. The zero-order chi connectivity index (χ0) is 17.0. The average Bonchev–Trinajstić information content (AvgIpc) is 2.79. The van der Waals surface area contributed by atoms with Crippen molar-refractivity contribution >= 4 is 30.4 Å². The van der Waals surface area contributed by atoms with E-state index in [0.29, 0.717) is 5.56 Å². The number of carboxylic acid groups (broad SMARTS) is 2. The highest BCUT2D eigenvalue weighted by Gasteiger charge is 2.27. The molecule has 0 radical (unpaired) electrons. The van der Waals surface area contributed by atoms with Gasteiger partial charge in [0.15, 0.2) is 0 Å². The number of rotatable bonds is 8. The predicted octanol–water partition coefficient (Wildman–Crippen LogP) is 1.76. The third-order valence-corrected chi connectivity index (χ3v) is 4.82. The van der Waals surface area contributed by atoms with Crippen molar-refractivity contribution in [3.8, 4) is 0 Å². The number of nitrogens with one attached hydrogen (secondary N) is 2. The molecule has 1 unspecified atom stereocenters. The lowest BCUT2D eigenvalue weighted by Crippen LogP contribution is -2.31. The number of H-pyrrole nitrogens is 1. The van der Waals surface area contributed by atoms with E-state index in [1.54, 1.807) is 18.3 Å². The highest BCUT2D eigenvalue weighted by molar-refractivity contribution is 7.55. The van der Waals surface area contributed by atoms with Gasteiger partial charge in [0.1, 0.15) is 0 Å². The Bertz CT molecular complexity index is 755. The summed E-state index contributed by atoms with van der Waals surface area (Å²) in [5, 5.41) is 20.6. The molecule has 2 aromatic rings. The summed E-state index contributed by atoms with van der Waals surface area (Å²) in [5.74, 6) is -2.48. The van der Waals surface area contributed by atoms with Gasteiger partial charge in [0.25, 0.3) is 7.52 Å². The first kappa shape index (κ1) is 17.2. The van der Waals surface area contributed by atoms with E-state index in [1.165, 1.54) is 0 Å². The number of aromatic amines is 1. The van der Waals surface area contributed by atoms with Crippen molar-refractivity contribution in [1.29, 1.82) is 0 Å². The fraction of sp³-hybridized carbons (Fsp3) is 0.286. The number of carbonyl (C=O) groups is 2. The predicted molar refractivity (Wildman–Crippen MR) is 83.3 cm³/mol. The Hall–Kier alpha value is -2.15. The normalized spacial score (nSPS) is 14.0. The van der Waals surface area contributed by atoms with Crippen LogP contribution >= 0.6 is 7.52 Å². The fourth-order valence-electron chi connectivity index (χ4n) is 2.41. The molecule has 0 spiro atoms. The molecule has 9 heteroatoms. The van der Waals surface area contributed by atoms with Gasteiger partial charge in [-0.2, -0.15) is 0 Å². The topological polar surface area (TPSA) is 140 Å². The van der Waals surface area contributed by atoms with Crippen LogP contribution in [0.1, 0.15) is 18.4 Å². The van der Waals surface area contributed by atoms with Crippen molar-refractivity contribution in [3.63, 3.8) is 0 Å². The Labute approximate surface area is 131 Å². The molecule has 1 heterocycles. The van der Waals surface area contributed by atoms with Crippen LogP contribution in [0.3, 0.4) is 0 Å². The van der Waals surface area contributed by atoms with Gasteiger partial charge in [-0.15, -0.1) is 0 Å². The third-order valence-electron chi connectivity index (χ3n) is 3.29. The molecule has 0 saturated carbocycles. The van der Waals surface area contributed by atoms with Gasteiger partial charge in [-0.1, -0.05) is 18.2 Å². The van der Waals surface area contributed by atoms with Crippen LogP contribution in [-0.4, -0.2) is 38.1 Å². The molecule has 0 amide bonds. The number of hydrogen-bond acceptors (Lipinski definition) is 3. The molecule has 0 saturated heterocycles. The number of para-hydroxylation sites is 1. The van der Waals surface area contributed by atoms with Gasteiger partial charge in [-0.05, 0) is 11.6 Å². The second kappa shape index (κ2) is 6.95. The summed E-state index contributed by atoms with van der Waals surface area (Å²) in [6, 6.07) is 6.13. The van der Waals surface area contributed by atoms with Crippen LogP contribution in [0, 0.1) is 0 Å². The third kappa shape index (κ3) is 4.92. The molecule has 23 heavy (non-hydrogen) atoms. The van der Waals surface area contributed by atoms with Crippen LogP contribution in [0.5, 0.6) is 0 Å². The molecule has 2 rings (SSSR count). The molecule has 1 aromatic carbocycles. The summed E-state index contributed by atoms with van der Waals surface area (Å²) in [5.41, 5.74) is 1.42. The van der Waals surface area contributed by atoms with E-state index in [-0.39, 0.29) is 6.16 Å². The van der Waals surface area contributed by atoms with Crippen LogP contribution in [0.2, 0.25) is 0 Å². The highest BCUT2D eigenvalue weighted by atomic mass is 31.2. The second-order valence-electron chi connectivity index (χ2n) is 5.24. The van der Waals surface area contributed by atoms with Gasteiger partial charge in [0.2, 0.25) is 0 Å². The molecule has 0 aliphatic carbocycles. The van der Waals surface area contributed by atoms with Crippen molar-refractivity contribution in [1.82, 2.24) is 10.1 Å². The van der Waals surface area contributed by atoms with Crippen LogP contribution < -0.4 is 5.09 Å². The van der Waals surface area contributed by atoms with E-state index < -0.39 is 38.3 Å². The molecule has 124 valence electrons. The number of aliphatic carboxylic acids is 2. The Morgan fingerprint density at radius 2 is 1.78 bits per heavy atom. The van der Waals surface area contributed by atoms with E-state index in [1.807, 2.05) is 12.1 Å². The van der Waals surface area contributed by atoms with Gasteiger partial charge in [-0.3, -0.25) is 14.2 Å². The molecule has 1 atom stereocenters. The number of aromatic nitrogens is 1. The lowest BCUT2D eigenvalue weighted by molar-refractivity contribution is -0.139. The zero-order valence-electron chi connectivity index (χ0n) is 12.1. The second-order valence-corrected chi connectivity index (χ2v) is 7.22. The summed E-state index contributed by atoms with van der Waals surface area (Å²) in [4.78, 5) is 34.6. The number of hydrogen-bond donors (Lipinski definition) is 5. The smallest absolute Gasteiger partial charge is 0.304 e. The Morgan fingerprint density at radius 1 is 1.17 bits per heavy atom. The molecule has 0 aliphatic rings. The molecule has 5 N–H and O–H groups in total. The highest BCUT2D eigenvalue weighted by Crippen LogP contribution is 2.42. The van der Waals surface area contributed by atoms with Crippen molar-refractivity contribution in [2.24, 2.45) is 0 Å². The van der Waals surface area contributed by atoms with Crippen molar-refractivity contribution in [3.05, 3.63) is 36.0 Å². The van der Waals surface area contributed by atoms with E-state index in [4.69, 9.17) is 10.2 Å². The maximum atomic E-state index is 12.3. The monoisotopic (exact) mass is 340 g/mol. The Balaban J connectivity index is 2.14. The van der Waals surface area contributed by atoms with Crippen LogP contribution in [-0.2, 0) is 20.3 Å². The van der Waals surface area contributed by atoms with Gasteiger partial charge in [-0.25, -0.2) is 5.09 Å². The first-order valence-electron chi connectivity index (χ1n) is 6.85. The molecule has 0 bridgehead atoms. The summed E-state index contributed by atoms with van der Waals surface area (Å²) >= 11 is 0. The van der Waals surface area contributed by atoms with Crippen molar-refractivity contribution < 1.29 is 29.3 Å². The molecule has 8 nitrogen and oxygen atoms in total. The van der Waals surface area contributed by atoms with Gasteiger partial charge < -0.3 is 20.1 Å². The lowest BCUT2D eigenvalue weighted by atomic mass is 10.1.